The highest BCUT2D eigenvalue weighted by atomic mass is 16.3. The highest BCUT2D eigenvalue weighted by Crippen LogP contribution is 2.57. The van der Waals surface area contributed by atoms with Gasteiger partial charge in [0.15, 0.2) is 5.78 Å². The predicted molar refractivity (Wildman–Crippen MR) is 121 cm³/mol. The third kappa shape index (κ3) is 2.74. The molecule has 6 rings (SSSR count). The van der Waals surface area contributed by atoms with Crippen LogP contribution in [0, 0.1) is 5.92 Å². The highest BCUT2D eigenvalue weighted by Gasteiger charge is 2.56. The quantitative estimate of drug-likeness (QED) is 0.695. The Morgan fingerprint density at radius 2 is 1.77 bits per heavy atom. The van der Waals surface area contributed by atoms with Crippen LogP contribution < -0.4 is 0 Å². The van der Waals surface area contributed by atoms with Gasteiger partial charge in [0.05, 0.1) is 11.4 Å². The second-order valence-electron chi connectivity index (χ2n) is 8.86. The van der Waals surface area contributed by atoms with E-state index in [1.54, 1.807) is 24.3 Å². The molecule has 2 aromatic carbocycles. The van der Waals surface area contributed by atoms with E-state index in [0.29, 0.717) is 5.92 Å². The number of aliphatic imine (C=N–C) groups is 1. The molecule has 0 bridgehead atoms. The maximum Gasteiger partial charge on any atom is 0.180 e. The summed E-state index contributed by atoms with van der Waals surface area (Å²) in [4.78, 5) is 20.0. The first-order valence-electron chi connectivity index (χ1n) is 11.1. The molecular formula is C27H24N2O2. The van der Waals surface area contributed by atoms with Gasteiger partial charge in [0.2, 0.25) is 0 Å². The minimum absolute atomic E-state index is 0.0198. The number of phenols is 1. The summed E-state index contributed by atoms with van der Waals surface area (Å²) in [6.45, 7) is 0. The van der Waals surface area contributed by atoms with Crippen LogP contribution in [-0.2, 0) is 4.79 Å². The lowest BCUT2D eigenvalue weighted by atomic mass is 9.66. The number of ketones is 1. The first kappa shape index (κ1) is 18.4. The van der Waals surface area contributed by atoms with Gasteiger partial charge in [0.25, 0.3) is 0 Å². The van der Waals surface area contributed by atoms with E-state index in [2.05, 4.69) is 35.2 Å². The SMILES string of the molecule is O=C1C=CC2=N[C@@]34CCCC[C@@H]3[C@@H](c3ccc(O)cc3)C=C(c3ccccc3)N4C2=C1. The van der Waals surface area contributed by atoms with E-state index in [0.717, 1.165) is 41.9 Å². The Balaban J connectivity index is 1.60. The molecule has 0 amide bonds. The summed E-state index contributed by atoms with van der Waals surface area (Å²) in [5.41, 5.74) is 4.92. The summed E-state index contributed by atoms with van der Waals surface area (Å²) in [7, 11) is 0. The smallest absolute Gasteiger partial charge is 0.180 e. The third-order valence-electron chi connectivity index (χ3n) is 7.15. The summed E-state index contributed by atoms with van der Waals surface area (Å²) >= 11 is 0. The zero-order valence-electron chi connectivity index (χ0n) is 17.2. The average molecular weight is 409 g/mol. The van der Waals surface area contributed by atoms with E-state index in [9.17, 15) is 9.90 Å². The van der Waals surface area contributed by atoms with Crippen molar-refractivity contribution < 1.29 is 9.90 Å². The number of carbonyl (C=O) groups is 1. The van der Waals surface area contributed by atoms with Gasteiger partial charge >= 0.3 is 0 Å². The van der Waals surface area contributed by atoms with Crippen LogP contribution in [0.3, 0.4) is 0 Å². The molecule has 0 unspecified atom stereocenters. The highest BCUT2D eigenvalue weighted by molar-refractivity contribution is 6.21. The number of allylic oxidation sites excluding steroid dienone is 4. The van der Waals surface area contributed by atoms with Gasteiger partial charge < -0.3 is 10.0 Å². The van der Waals surface area contributed by atoms with Crippen molar-refractivity contribution in [2.45, 2.75) is 37.3 Å². The number of hydrogen-bond donors (Lipinski definition) is 1. The topological polar surface area (TPSA) is 52.9 Å². The van der Waals surface area contributed by atoms with Gasteiger partial charge in [-0.25, -0.2) is 0 Å². The van der Waals surface area contributed by atoms with Crippen LogP contribution >= 0.6 is 0 Å². The van der Waals surface area contributed by atoms with Crippen LogP contribution in [0.2, 0.25) is 0 Å². The third-order valence-corrected chi connectivity index (χ3v) is 7.15. The minimum atomic E-state index is -0.378. The molecule has 2 aromatic rings. The molecule has 2 aliphatic heterocycles. The van der Waals surface area contributed by atoms with Crippen molar-refractivity contribution in [2.75, 3.05) is 0 Å². The van der Waals surface area contributed by atoms with Crippen molar-refractivity contribution in [3.63, 3.8) is 0 Å². The number of aromatic hydroxyl groups is 1. The molecular weight excluding hydrogens is 384 g/mol. The van der Waals surface area contributed by atoms with Crippen molar-refractivity contribution in [2.24, 2.45) is 10.9 Å². The van der Waals surface area contributed by atoms with Gasteiger partial charge in [-0.2, -0.15) is 0 Å². The van der Waals surface area contributed by atoms with Crippen molar-refractivity contribution >= 4 is 17.2 Å². The van der Waals surface area contributed by atoms with Gasteiger partial charge in [0.1, 0.15) is 11.4 Å². The van der Waals surface area contributed by atoms with Crippen LogP contribution in [-0.4, -0.2) is 27.2 Å². The summed E-state index contributed by atoms with van der Waals surface area (Å²) in [6, 6.07) is 18.0. The summed E-state index contributed by atoms with van der Waals surface area (Å²) in [6.07, 6.45) is 12.0. The molecule has 31 heavy (non-hydrogen) atoms. The Morgan fingerprint density at radius 1 is 0.968 bits per heavy atom. The fourth-order valence-corrected chi connectivity index (χ4v) is 5.85. The lowest BCUT2D eigenvalue weighted by Crippen LogP contribution is -2.54. The molecule has 0 aromatic heterocycles. The second kappa shape index (κ2) is 6.81. The van der Waals surface area contributed by atoms with Gasteiger partial charge in [-0.3, -0.25) is 9.79 Å². The molecule has 2 heterocycles. The Bertz CT molecular complexity index is 1170. The lowest BCUT2D eigenvalue weighted by molar-refractivity contribution is -0.110. The number of benzene rings is 2. The molecule has 2 aliphatic carbocycles. The molecule has 3 atom stereocenters. The standard InChI is InChI=1S/C27H24N2O2/c30-20-11-9-18(10-12-20)22-17-25(19-6-2-1-3-7-19)29-26-16-21(31)13-14-24(26)28-27(29)15-5-4-8-23(22)27/h1-3,6-7,9-14,16-17,22-23,30H,4-5,8,15H2/t22-,23-,27-/m1/s1. The maximum atomic E-state index is 12.3. The Kier molecular flexibility index (Phi) is 4.04. The van der Waals surface area contributed by atoms with Gasteiger partial charge in [0, 0.05) is 23.6 Å². The van der Waals surface area contributed by atoms with E-state index in [-0.39, 0.29) is 23.1 Å². The lowest BCUT2D eigenvalue weighted by Gasteiger charge is -2.53. The van der Waals surface area contributed by atoms with Gasteiger partial charge in [-0.1, -0.05) is 55.0 Å². The molecule has 4 nitrogen and oxygen atoms in total. The van der Waals surface area contributed by atoms with Crippen LogP contribution in [0.25, 0.3) is 5.70 Å². The number of rotatable bonds is 2. The molecule has 4 heteroatoms. The first-order valence-corrected chi connectivity index (χ1v) is 11.1. The molecule has 1 fully saturated rings. The van der Waals surface area contributed by atoms with Crippen molar-refractivity contribution in [3.05, 3.63) is 95.7 Å². The van der Waals surface area contributed by atoms with Gasteiger partial charge in [-0.15, -0.1) is 0 Å². The fourth-order valence-electron chi connectivity index (χ4n) is 5.85. The van der Waals surface area contributed by atoms with Gasteiger partial charge in [-0.05, 0) is 54.7 Å². The number of hydrogen-bond acceptors (Lipinski definition) is 4. The zero-order valence-corrected chi connectivity index (χ0v) is 17.2. The molecule has 0 saturated heterocycles. The summed E-state index contributed by atoms with van der Waals surface area (Å²) in [5, 5.41) is 9.84. The molecule has 4 aliphatic rings. The number of fused-ring (bicyclic) bond motifs is 2. The van der Waals surface area contributed by atoms with E-state index in [4.69, 9.17) is 4.99 Å². The number of nitrogens with zero attached hydrogens (tertiary/aromatic N) is 2. The first-order chi connectivity index (χ1) is 15.2. The Morgan fingerprint density at radius 3 is 2.58 bits per heavy atom. The van der Waals surface area contributed by atoms with Crippen molar-refractivity contribution in [1.82, 2.24) is 4.90 Å². The molecule has 1 spiro atoms. The van der Waals surface area contributed by atoms with Crippen molar-refractivity contribution in [3.8, 4) is 5.75 Å². The summed E-state index contributed by atoms with van der Waals surface area (Å²) in [5.74, 6) is 0.803. The molecule has 1 saturated carbocycles. The van der Waals surface area contributed by atoms with E-state index >= 15 is 0 Å². The van der Waals surface area contributed by atoms with Crippen molar-refractivity contribution in [1.29, 1.82) is 0 Å². The monoisotopic (exact) mass is 408 g/mol. The second-order valence-corrected chi connectivity index (χ2v) is 8.86. The van der Waals surface area contributed by atoms with Crippen LogP contribution in [0.1, 0.15) is 42.7 Å². The molecule has 0 radical (unpaired) electrons. The number of carbonyl (C=O) groups excluding carboxylic acids is 1. The maximum absolute atomic E-state index is 12.3. The van der Waals surface area contributed by atoms with E-state index in [1.807, 2.05) is 24.3 Å². The largest absolute Gasteiger partial charge is 0.508 e. The Labute approximate surface area is 181 Å². The number of phenolic OH excluding ortho intramolecular Hbond substituents is 1. The zero-order chi connectivity index (χ0) is 21.0. The predicted octanol–water partition coefficient (Wildman–Crippen LogP) is 5.20. The Hall–Kier alpha value is -3.40. The fraction of sp³-hybridized carbons (Fsp3) is 0.259. The van der Waals surface area contributed by atoms with E-state index < -0.39 is 0 Å². The minimum Gasteiger partial charge on any atom is -0.508 e. The normalized spacial score (nSPS) is 28.8. The average Bonchev–Trinajstić information content (AvgIpc) is 3.12. The molecule has 154 valence electrons. The van der Waals surface area contributed by atoms with E-state index in [1.165, 1.54) is 12.0 Å². The summed E-state index contributed by atoms with van der Waals surface area (Å²) < 4.78 is 0. The van der Waals surface area contributed by atoms with Crippen LogP contribution in [0.15, 0.2) is 89.6 Å². The molecule has 1 N–H and O–H groups in total. The van der Waals surface area contributed by atoms with Crippen LogP contribution in [0.4, 0.5) is 0 Å². The van der Waals surface area contributed by atoms with Crippen LogP contribution in [0.5, 0.6) is 5.75 Å².